The number of carbonyl (C=O) groups excluding carboxylic acids is 1. The molecule has 1 aliphatic heterocycles. The normalized spacial score (nSPS) is 19.2. The molecule has 1 amide bonds. The third kappa shape index (κ3) is 3.11. The predicted molar refractivity (Wildman–Crippen MR) is 69.4 cm³/mol. The zero-order valence-electron chi connectivity index (χ0n) is 9.50. The Hall–Kier alpha value is -1.26. The third-order valence-electron chi connectivity index (χ3n) is 2.99. The maximum absolute atomic E-state index is 11.3. The zero-order chi connectivity index (χ0) is 12.3. The van der Waals surface area contributed by atoms with Crippen molar-refractivity contribution in [3.63, 3.8) is 0 Å². The fourth-order valence-electron chi connectivity index (χ4n) is 2.02. The van der Waals surface area contributed by atoms with Gasteiger partial charge in [-0.25, -0.2) is 0 Å². The minimum Gasteiger partial charge on any atom is -0.384 e. The quantitative estimate of drug-likeness (QED) is 0.761. The fraction of sp³-hybridized carbons (Fsp3) is 0.417. The van der Waals surface area contributed by atoms with Crippen molar-refractivity contribution in [1.82, 2.24) is 5.32 Å². The van der Waals surface area contributed by atoms with Gasteiger partial charge in [-0.3, -0.25) is 4.79 Å². The molecule has 5 heteroatoms. The van der Waals surface area contributed by atoms with E-state index in [1.54, 1.807) is 18.2 Å². The molecule has 1 aromatic rings. The summed E-state index contributed by atoms with van der Waals surface area (Å²) in [5.74, 6) is 0.156. The lowest BCUT2D eigenvalue weighted by molar-refractivity contribution is 0.100. The zero-order valence-corrected chi connectivity index (χ0v) is 10.3. The van der Waals surface area contributed by atoms with E-state index >= 15 is 0 Å². The largest absolute Gasteiger partial charge is 0.384 e. The molecule has 0 saturated carbocycles. The van der Waals surface area contributed by atoms with Crippen LogP contribution >= 0.6 is 11.6 Å². The van der Waals surface area contributed by atoms with Gasteiger partial charge in [0.1, 0.15) is 0 Å². The highest BCUT2D eigenvalue weighted by molar-refractivity contribution is 6.31. The lowest BCUT2D eigenvalue weighted by Gasteiger charge is -2.13. The monoisotopic (exact) mass is 253 g/mol. The molecule has 1 saturated heterocycles. The average molecular weight is 254 g/mol. The average Bonchev–Trinajstić information content (AvgIpc) is 2.78. The molecule has 2 rings (SSSR count). The van der Waals surface area contributed by atoms with Crippen LogP contribution in [0.4, 0.5) is 5.69 Å². The molecule has 1 atom stereocenters. The number of hydrogen-bond acceptors (Lipinski definition) is 3. The molecule has 0 bridgehead atoms. The minimum absolute atomic E-state index is 0.436. The van der Waals surface area contributed by atoms with E-state index in [0.29, 0.717) is 16.5 Å². The smallest absolute Gasteiger partial charge is 0.250 e. The van der Waals surface area contributed by atoms with Gasteiger partial charge in [-0.2, -0.15) is 0 Å². The van der Waals surface area contributed by atoms with Gasteiger partial charge >= 0.3 is 0 Å². The first-order valence-electron chi connectivity index (χ1n) is 5.71. The van der Waals surface area contributed by atoms with Crippen molar-refractivity contribution in [2.45, 2.75) is 6.42 Å². The molecule has 0 spiro atoms. The molecule has 1 aromatic carbocycles. The van der Waals surface area contributed by atoms with E-state index in [1.165, 1.54) is 0 Å². The van der Waals surface area contributed by atoms with Crippen LogP contribution in [0.2, 0.25) is 5.02 Å². The molecule has 4 N–H and O–H groups in total. The highest BCUT2D eigenvalue weighted by Crippen LogP contribution is 2.21. The van der Waals surface area contributed by atoms with Crippen LogP contribution in [0, 0.1) is 5.92 Å². The van der Waals surface area contributed by atoms with Crippen molar-refractivity contribution in [3.05, 3.63) is 28.8 Å². The summed E-state index contributed by atoms with van der Waals surface area (Å²) in [6, 6.07) is 5.06. The number of primary amides is 1. The molecule has 1 heterocycles. The van der Waals surface area contributed by atoms with E-state index in [2.05, 4.69) is 10.6 Å². The molecule has 0 aliphatic carbocycles. The van der Waals surface area contributed by atoms with Gasteiger partial charge in [-0.05, 0) is 43.6 Å². The standard InChI is InChI=1S/C12H16ClN3O/c13-9-1-2-10(12(14)17)11(5-9)16-7-8-3-4-15-6-8/h1-2,5,8,15-16H,3-4,6-7H2,(H2,14,17). The fourth-order valence-corrected chi connectivity index (χ4v) is 2.19. The van der Waals surface area contributed by atoms with Crippen molar-refractivity contribution in [3.8, 4) is 0 Å². The number of nitrogens with one attached hydrogen (secondary N) is 2. The van der Waals surface area contributed by atoms with Crippen LogP contribution in [0.3, 0.4) is 0 Å². The first kappa shape index (κ1) is 12.2. The van der Waals surface area contributed by atoms with E-state index in [1.807, 2.05) is 0 Å². The Bertz CT molecular complexity index is 416. The Balaban J connectivity index is 2.07. The number of carbonyl (C=O) groups is 1. The number of benzene rings is 1. The maximum atomic E-state index is 11.3. The molecule has 4 nitrogen and oxygen atoms in total. The van der Waals surface area contributed by atoms with Crippen LogP contribution in [0.15, 0.2) is 18.2 Å². The van der Waals surface area contributed by atoms with Crippen molar-refractivity contribution < 1.29 is 4.79 Å². The van der Waals surface area contributed by atoms with Crippen LogP contribution in [0.5, 0.6) is 0 Å². The second kappa shape index (κ2) is 5.38. The van der Waals surface area contributed by atoms with Crippen molar-refractivity contribution in [1.29, 1.82) is 0 Å². The molecular weight excluding hydrogens is 238 g/mol. The van der Waals surface area contributed by atoms with E-state index in [4.69, 9.17) is 17.3 Å². The Morgan fingerprint density at radius 1 is 1.59 bits per heavy atom. The maximum Gasteiger partial charge on any atom is 0.250 e. The predicted octanol–water partition coefficient (Wildman–Crippen LogP) is 1.46. The minimum atomic E-state index is -0.436. The van der Waals surface area contributed by atoms with Crippen LogP contribution in [0.1, 0.15) is 16.8 Å². The van der Waals surface area contributed by atoms with Gasteiger partial charge in [0.15, 0.2) is 0 Å². The van der Waals surface area contributed by atoms with Gasteiger partial charge in [0, 0.05) is 17.3 Å². The number of amides is 1. The summed E-state index contributed by atoms with van der Waals surface area (Å²) < 4.78 is 0. The molecule has 1 aliphatic rings. The summed E-state index contributed by atoms with van der Waals surface area (Å²) in [6.45, 7) is 2.90. The van der Waals surface area contributed by atoms with Crippen molar-refractivity contribution >= 4 is 23.2 Å². The number of hydrogen-bond donors (Lipinski definition) is 3. The van der Waals surface area contributed by atoms with Gasteiger partial charge in [-0.1, -0.05) is 11.6 Å². The molecule has 92 valence electrons. The first-order chi connectivity index (χ1) is 8.16. The van der Waals surface area contributed by atoms with E-state index in [-0.39, 0.29) is 0 Å². The Labute approximate surface area is 106 Å². The molecule has 0 aromatic heterocycles. The van der Waals surface area contributed by atoms with Gasteiger partial charge in [0.2, 0.25) is 0 Å². The van der Waals surface area contributed by atoms with Crippen LogP contribution < -0.4 is 16.4 Å². The number of rotatable bonds is 4. The summed E-state index contributed by atoms with van der Waals surface area (Å²) in [6.07, 6.45) is 1.15. The second-order valence-corrected chi connectivity index (χ2v) is 4.73. The summed E-state index contributed by atoms with van der Waals surface area (Å²) in [4.78, 5) is 11.3. The Kier molecular flexibility index (Phi) is 3.86. The summed E-state index contributed by atoms with van der Waals surface area (Å²) in [5, 5.41) is 7.15. The summed E-state index contributed by atoms with van der Waals surface area (Å²) in [7, 11) is 0. The number of halogens is 1. The third-order valence-corrected chi connectivity index (χ3v) is 3.23. The molecule has 17 heavy (non-hydrogen) atoms. The highest BCUT2D eigenvalue weighted by atomic mass is 35.5. The Morgan fingerprint density at radius 3 is 3.06 bits per heavy atom. The van der Waals surface area contributed by atoms with E-state index in [9.17, 15) is 4.79 Å². The lowest BCUT2D eigenvalue weighted by Crippen LogP contribution is -2.20. The topological polar surface area (TPSA) is 67.2 Å². The van der Waals surface area contributed by atoms with Crippen molar-refractivity contribution in [2.24, 2.45) is 11.7 Å². The number of nitrogens with two attached hydrogens (primary N) is 1. The first-order valence-corrected chi connectivity index (χ1v) is 6.08. The van der Waals surface area contributed by atoms with E-state index < -0.39 is 5.91 Å². The van der Waals surface area contributed by atoms with Crippen LogP contribution in [0.25, 0.3) is 0 Å². The van der Waals surface area contributed by atoms with Gasteiger partial charge in [-0.15, -0.1) is 0 Å². The number of anilines is 1. The molecule has 1 fully saturated rings. The second-order valence-electron chi connectivity index (χ2n) is 4.29. The van der Waals surface area contributed by atoms with E-state index in [0.717, 1.165) is 31.7 Å². The molecule has 1 unspecified atom stereocenters. The lowest BCUT2D eigenvalue weighted by atomic mass is 10.1. The van der Waals surface area contributed by atoms with Crippen LogP contribution in [-0.2, 0) is 0 Å². The SMILES string of the molecule is NC(=O)c1ccc(Cl)cc1NCC1CCNC1. The summed E-state index contributed by atoms with van der Waals surface area (Å²) >= 11 is 5.91. The van der Waals surface area contributed by atoms with Gasteiger partial charge in [0.05, 0.1) is 5.56 Å². The van der Waals surface area contributed by atoms with Crippen LogP contribution in [-0.4, -0.2) is 25.5 Å². The van der Waals surface area contributed by atoms with Gasteiger partial charge < -0.3 is 16.4 Å². The molecular formula is C12H16ClN3O. The molecule has 0 radical (unpaired) electrons. The van der Waals surface area contributed by atoms with Crippen molar-refractivity contribution in [2.75, 3.05) is 25.0 Å². The Morgan fingerprint density at radius 2 is 2.41 bits per heavy atom. The van der Waals surface area contributed by atoms with Gasteiger partial charge in [0.25, 0.3) is 5.91 Å². The summed E-state index contributed by atoms with van der Waals surface area (Å²) in [5.41, 5.74) is 6.52. The highest BCUT2D eigenvalue weighted by Gasteiger charge is 2.15.